The van der Waals surface area contributed by atoms with Gasteiger partial charge in [-0.2, -0.15) is 13.2 Å². The molecule has 0 saturated carbocycles. The lowest BCUT2D eigenvalue weighted by atomic mass is 10.2. The van der Waals surface area contributed by atoms with Gasteiger partial charge in [0, 0.05) is 32.6 Å². The summed E-state index contributed by atoms with van der Waals surface area (Å²) < 4.78 is 43.3. The fraction of sp³-hybridized carbons (Fsp3) is 0.667. The lowest BCUT2D eigenvalue weighted by Gasteiger charge is -2.15. The number of hydrogen-bond acceptors (Lipinski definition) is 5. The van der Waals surface area contributed by atoms with Gasteiger partial charge in [-0.25, -0.2) is 9.98 Å². The van der Waals surface area contributed by atoms with Crippen molar-refractivity contribution in [3.63, 3.8) is 0 Å². The van der Waals surface area contributed by atoms with Crippen molar-refractivity contribution < 1.29 is 22.7 Å². The van der Waals surface area contributed by atoms with Gasteiger partial charge in [0.2, 0.25) is 5.91 Å². The molecule has 1 amide bonds. The quantitative estimate of drug-likeness (QED) is 0.341. The number of aliphatic imine (C=N–C) groups is 1. The molecule has 1 aliphatic heterocycles. The number of amides is 1. The number of nitrogens with one attached hydrogen (secondary N) is 2. The molecule has 1 aliphatic rings. The Morgan fingerprint density at radius 2 is 2.19 bits per heavy atom. The van der Waals surface area contributed by atoms with Crippen LogP contribution in [0.2, 0.25) is 0 Å². The summed E-state index contributed by atoms with van der Waals surface area (Å²) in [5, 5.41) is 7.23. The van der Waals surface area contributed by atoms with Crippen LogP contribution in [-0.4, -0.2) is 61.6 Å². The summed E-state index contributed by atoms with van der Waals surface area (Å²) in [5.74, 6) is 0.149. The van der Waals surface area contributed by atoms with Crippen LogP contribution in [0.4, 0.5) is 13.2 Å². The summed E-state index contributed by atoms with van der Waals surface area (Å²) in [4.78, 5) is 20.9. The Hall–Kier alpha value is -1.15. The second-order valence-electron chi connectivity index (χ2n) is 5.95. The minimum atomic E-state index is -4.46. The minimum Gasteiger partial charge on any atom is -0.376 e. The van der Waals surface area contributed by atoms with E-state index in [9.17, 15) is 18.0 Å². The number of ether oxygens (including phenoxy) is 1. The predicted octanol–water partition coefficient (Wildman–Crippen LogP) is 2.08. The predicted molar refractivity (Wildman–Crippen MR) is 107 cm³/mol. The van der Waals surface area contributed by atoms with Crippen molar-refractivity contribution in [1.82, 2.24) is 20.5 Å². The van der Waals surface area contributed by atoms with E-state index in [2.05, 4.69) is 20.6 Å². The molecule has 7 nitrogen and oxygen atoms in total. The first-order chi connectivity index (χ1) is 12.3. The van der Waals surface area contributed by atoms with Crippen molar-refractivity contribution in [1.29, 1.82) is 0 Å². The van der Waals surface area contributed by atoms with Crippen LogP contribution in [0.1, 0.15) is 23.5 Å². The number of aromatic nitrogens is 1. The summed E-state index contributed by atoms with van der Waals surface area (Å²) in [6.07, 6.45) is -2.48. The van der Waals surface area contributed by atoms with Crippen LogP contribution in [0, 0.1) is 0 Å². The first kappa shape index (κ1) is 23.9. The number of thiazole rings is 1. The first-order valence-corrected chi connectivity index (χ1v) is 8.99. The highest BCUT2D eigenvalue weighted by Crippen LogP contribution is 2.29. The molecule has 2 N–H and O–H groups in total. The molecule has 27 heavy (non-hydrogen) atoms. The SMILES string of the molecule is CN(C)C(=O)CN=C(NCc1nc(C(F)(F)F)cs1)NCC1CCCO1.I. The van der Waals surface area contributed by atoms with Gasteiger partial charge in [-0.1, -0.05) is 0 Å². The summed E-state index contributed by atoms with van der Waals surface area (Å²) in [5.41, 5.74) is -0.909. The van der Waals surface area contributed by atoms with Crippen LogP contribution >= 0.6 is 35.3 Å². The van der Waals surface area contributed by atoms with E-state index in [0.29, 0.717) is 19.1 Å². The number of guanidine groups is 1. The van der Waals surface area contributed by atoms with Gasteiger partial charge in [0.1, 0.15) is 11.6 Å². The van der Waals surface area contributed by atoms with E-state index in [4.69, 9.17) is 4.74 Å². The molecule has 1 fully saturated rings. The third-order valence-corrected chi connectivity index (χ3v) is 4.49. The lowest BCUT2D eigenvalue weighted by molar-refractivity contribution is -0.140. The number of rotatable bonds is 6. The summed E-state index contributed by atoms with van der Waals surface area (Å²) in [6.45, 7) is 1.23. The number of alkyl halides is 3. The number of hydrogen-bond donors (Lipinski definition) is 2. The average Bonchev–Trinajstić information content (AvgIpc) is 3.24. The molecule has 2 rings (SSSR count). The van der Waals surface area contributed by atoms with Crippen LogP contribution < -0.4 is 10.6 Å². The molecule has 0 spiro atoms. The highest BCUT2D eigenvalue weighted by Gasteiger charge is 2.33. The fourth-order valence-corrected chi connectivity index (χ4v) is 2.90. The van der Waals surface area contributed by atoms with Gasteiger partial charge in [-0.15, -0.1) is 35.3 Å². The molecule has 1 aromatic rings. The van der Waals surface area contributed by atoms with Gasteiger partial charge >= 0.3 is 6.18 Å². The van der Waals surface area contributed by atoms with E-state index < -0.39 is 11.9 Å². The summed E-state index contributed by atoms with van der Waals surface area (Å²) >= 11 is 0.915. The normalized spacial score (nSPS) is 17.4. The van der Waals surface area contributed by atoms with Crippen molar-refractivity contribution in [2.75, 3.05) is 33.8 Å². The number of likely N-dealkylation sites (N-methyl/N-ethyl adjacent to an activating group) is 1. The largest absolute Gasteiger partial charge is 0.434 e. The zero-order valence-electron chi connectivity index (χ0n) is 15.0. The molecule has 0 aromatic carbocycles. The molecular weight excluding hydrogens is 498 g/mol. The zero-order valence-corrected chi connectivity index (χ0v) is 18.2. The molecule has 1 aromatic heterocycles. The molecular formula is C15H23F3IN5O2S. The maximum Gasteiger partial charge on any atom is 0.434 e. The summed E-state index contributed by atoms with van der Waals surface area (Å²) in [6, 6.07) is 0. The number of carbonyl (C=O) groups is 1. The molecule has 0 radical (unpaired) electrons. The van der Waals surface area contributed by atoms with E-state index in [0.717, 1.165) is 29.6 Å². The monoisotopic (exact) mass is 521 g/mol. The average molecular weight is 521 g/mol. The van der Waals surface area contributed by atoms with Crippen LogP contribution in [0.5, 0.6) is 0 Å². The van der Waals surface area contributed by atoms with Gasteiger partial charge in [0.15, 0.2) is 11.7 Å². The molecule has 0 bridgehead atoms. The van der Waals surface area contributed by atoms with E-state index in [-0.39, 0.29) is 54.1 Å². The highest BCUT2D eigenvalue weighted by atomic mass is 127. The van der Waals surface area contributed by atoms with E-state index >= 15 is 0 Å². The smallest absolute Gasteiger partial charge is 0.376 e. The Morgan fingerprint density at radius 1 is 1.44 bits per heavy atom. The minimum absolute atomic E-state index is 0. The number of carbonyl (C=O) groups excluding carboxylic acids is 1. The van der Waals surface area contributed by atoms with Crippen molar-refractivity contribution in [3.8, 4) is 0 Å². The van der Waals surface area contributed by atoms with Crippen LogP contribution in [0.15, 0.2) is 10.4 Å². The third kappa shape index (κ3) is 8.17. The van der Waals surface area contributed by atoms with Crippen LogP contribution in [-0.2, 0) is 22.3 Å². The summed E-state index contributed by atoms with van der Waals surface area (Å²) in [7, 11) is 3.25. The van der Waals surface area contributed by atoms with E-state index in [1.807, 2.05) is 0 Å². The van der Waals surface area contributed by atoms with Crippen molar-refractivity contribution in [2.45, 2.75) is 31.7 Å². The molecule has 0 aliphatic carbocycles. The van der Waals surface area contributed by atoms with Gasteiger partial charge in [0.05, 0.1) is 12.6 Å². The lowest BCUT2D eigenvalue weighted by Crippen LogP contribution is -2.41. The van der Waals surface area contributed by atoms with E-state index in [1.54, 1.807) is 14.1 Å². The van der Waals surface area contributed by atoms with Crippen molar-refractivity contribution in [2.24, 2.45) is 4.99 Å². The van der Waals surface area contributed by atoms with Gasteiger partial charge < -0.3 is 20.3 Å². The second kappa shape index (κ2) is 11.0. The zero-order chi connectivity index (χ0) is 19.2. The number of halogens is 4. The van der Waals surface area contributed by atoms with E-state index in [1.165, 1.54) is 4.90 Å². The topological polar surface area (TPSA) is 78.9 Å². The standard InChI is InChI=1S/C15H22F3N5O2S.HI/c1-23(2)13(24)8-21-14(19-6-10-4-3-5-25-10)20-7-12-22-11(9-26-12)15(16,17)18;/h9-10H,3-8H2,1-2H3,(H2,19,20,21);1H. The molecule has 1 saturated heterocycles. The van der Waals surface area contributed by atoms with Crippen LogP contribution in [0.3, 0.4) is 0 Å². The van der Waals surface area contributed by atoms with Crippen LogP contribution in [0.25, 0.3) is 0 Å². The molecule has 154 valence electrons. The third-order valence-electron chi connectivity index (χ3n) is 3.64. The highest BCUT2D eigenvalue weighted by molar-refractivity contribution is 14.0. The first-order valence-electron chi connectivity index (χ1n) is 8.11. The fourth-order valence-electron chi connectivity index (χ4n) is 2.16. The molecule has 2 heterocycles. The van der Waals surface area contributed by atoms with Crippen molar-refractivity contribution in [3.05, 3.63) is 16.1 Å². The Kier molecular flexibility index (Phi) is 9.73. The van der Waals surface area contributed by atoms with Gasteiger partial charge in [-0.3, -0.25) is 4.79 Å². The molecule has 1 unspecified atom stereocenters. The van der Waals surface area contributed by atoms with Crippen molar-refractivity contribution >= 4 is 47.2 Å². The Bertz CT molecular complexity index is 633. The Morgan fingerprint density at radius 3 is 2.74 bits per heavy atom. The Balaban J connectivity index is 0.00000364. The second-order valence-corrected chi connectivity index (χ2v) is 6.89. The Labute approximate surface area is 176 Å². The maximum absolute atomic E-state index is 12.6. The number of nitrogens with zero attached hydrogens (tertiary/aromatic N) is 3. The molecule has 12 heteroatoms. The van der Waals surface area contributed by atoms with Gasteiger partial charge in [0.25, 0.3) is 0 Å². The molecule has 1 atom stereocenters. The van der Waals surface area contributed by atoms with Gasteiger partial charge in [-0.05, 0) is 12.8 Å². The maximum atomic E-state index is 12.6.